The fourth-order valence-electron chi connectivity index (χ4n) is 3.31. The molecule has 4 heterocycles. The molecule has 0 aromatic carbocycles. The Morgan fingerprint density at radius 1 is 1.30 bits per heavy atom. The van der Waals surface area contributed by atoms with Crippen molar-refractivity contribution in [1.29, 1.82) is 0 Å². The van der Waals surface area contributed by atoms with Crippen LogP contribution in [0, 0.1) is 6.92 Å². The second-order valence-corrected chi connectivity index (χ2v) is 7.95. The number of methoxy groups -OCH3 is 1. The van der Waals surface area contributed by atoms with Crippen molar-refractivity contribution in [1.82, 2.24) is 20.0 Å². The first kappa shape index (κ1) is 20.0. The number of pyridine rings is 2. The van der Waals surface area contributed by atoms with E-state index in [1.807, 2.05) is 44.4 Å². The Bertz CT molecular complexity index is 1110. The van der Waals surface area contributed by atoms with Crippen molar-refractivity contribution in [3.63, 3.8) is 0 Å². The molecule has 1 aliphatic heterocycles. The second-order valence-electron chi connectivity index (χ2n) is 6.95. The highest BCUT2D eigenvalue weighted by Gasteiger charge is 2.24. The van der Waals surface area contributed by atoms with E-state index in [4.69, 9.17) is 14.7 Å². The molecule has 0 saturated heterocycles. The summed E-state index contributed by atoms with van der Waals surface area (Å²) < 4.78 is 4.75. The number of thiazole rings is 1. The summed E-state index contributed by atoms with van der Waals surface area (Å²) in [5.41, 5.74) is 5.25. The molecule has 0 radical (unpaired) electrons. The molecule has 3 aromatic heterocycles. The van der Waals surface area contributed by atoms with Crippen molar-refractivity contribution in [2.45, 2.75) is 13.3 Å². The van der Waals surface area contributed by atoms with Crippen molar-refractivity contribution in [3.8, 4) is 21.1 Å². The highest BCUT2D eigenvalue weighted by Crippen LogP contribution is 2.36. The van der Waals surface area contributed by atoms with E-state index >= 15 is 0 Å². The summed E-state index contributed by atoms with van der Waals surface area (Å²) in [5.74, 6) is 0. The van der Waals surface area contributed by atoms with Gasteiger partial charge < -0.3 is 9.64 Å². The number of hydrogen-bond donors (Lipinski definition) is 0. The molecule has 8 nitrogen and oxygen atoms in total. The van der Waals surface area contributed by atoms with Crippen LogP contribution < -0.4 is 4.90 Å². The molecule has 4 rings (SSSR count). The monoisotopic (exact) mass is 422 g/mol. The standard InChI is InChI=1S/C21H22N6O2S/c1-13-19(30-20(23-13)14-6-5-10-22-12-14)16-7-8-17-18(24-16)15(9-11-26(17)2)25-27(3)21(28)29-4/h5-8,10,12H,9,11H2,1-4H3/b25-15+. The molecule has 0 fully saturated rings. The van der Waals surface area contributed by atoms with Gasteiger partial charge in [-0.1, -0.05) is 0 Å². The molecule has 0 spiro atoms. The highest BCUT2D eigenvalue weighted by molar-refractivity contribution is 7.18. The molecule has 1 aliphatic rings. The fourth-order valence-corrected chi connectivity index (χ4v) is 4.34. The number of aromatic nitrogens is 3. The van der Waals surface area contributed by atoms with E-state index in [0.717, 1.165) is 50.5 Å². The molecule has 0 N–H and O–H groups in total. The number of carbonyl (C=O) groups excluding carboxylic acids is 1. The number of hydrazone groups is 1. The zero-order valence-electron chi connectivity index (χ0n) is 17.3. The topological polar surface area (TPSA) is 83.8 Å². The minimum absolute atomic E-state index is 0.515. The van der Waals surface area contributed by atoms with Gasteiger partial charge in [0.25, 0.3) is 0 Å². The van der Waals surface area contributed by atoms with Crippen molar-refractivity contribution in [2.24, 2.45) is 5.10 Å². The first-order valence-electron chi connectivity index (χ1n) is 9.48. The molecule has 154 valence electrons. The van der Waals surface area contributed by atoms with Crippen molar-refractivity contribution >= 4 is 28.8 Å². The second kappa shape index (κ2) is 8.19. The lowest BCUT2D eigenvalue weighted by Gasteiger charge is -2.28. The number of nitrogens with zero attached hydrogens (tertiary/aromatic N) is 6. The maximum Gasteiger partial charge on any atom is 0.429 e. The smallest absolute Gasteiger partial charge is 0.429 e. The Kier molecular flexibility index (Phi) is 5.45. The van der Waals surface area contributed by atoms with E-state index in [9.17, 15) is 4.79 Å². The third-order valence-electron chi connectivity index (χ3n) is 4.89. The van der Waals surface area contributed by atoms with Crippen molar-refractivity contribution < 1.29 is 9.53 Å². The zero-order valence-corrected chi connectivity index (χ0v) is 18.1. The number of ether oxygens (including phenoxy) is 1. The third-order valence-corrected chi connectivity index (χ3v) is 6.12. The zero-order chi connectivity index (χ0) is 21.3. The fraction of sp³-hybridized carbons (Fsp3) is 0.286. The maximum absolute atomic E-state index is 11.8. The molecule has 0 bridgehead atoms. The van der Waals surface area contributed by atoms with Gasteiger partial charge >= 0.3 is 6.09 Å². The van der Waals surface area contributed by atoms with Gasteiger partial charge in [-0.25, -0.2) is 19.8 Å². The van der Waals surface area contributed by atoms with Gasteiger partial charge in [0.15, 0.2) is 0 Å². The Morgan fingerprint density at radius 3 is 2.87 bits per heavy atom. The summed E-state index contributed by atoms with van der Waals surface area (Å²) in [6, 6.07) is 7.96. The molecule has 0 saturated carbocycles. The van der Waals surface area contributed by atoms with Gasteiger partial charge in [0, 0.05) is 45.0 Å². The van der Waals surface area contributed by atoms with Crippen LogP contribution in [0.25, 0.3) is 21.1 Å². The molecule has 30 heavy (non-hydrogen) atoms. The Labute approximate surface area is 178 Å². The molecule has 0 atom stereocenters. The number of rotatable bonds is 3. The van der Waals surface area contributed by atoms with Gasteiger partial charge in [-0.15, -0.1) is 11.3 Å². The van der Waals surface area contributed by atoms with Gasteiger partial charge in [0.1, 0.15) is 10.7 Å². The summed E-state index contributed by atoms with van der Waals surface area (Å²) >= 11 is 1.59. The van der Waals surface area contributed by atoms with E-state index in [1.54, 1.807) is 24.6 Å². The molecule has 0 unspecified atom stereocenters. The number of carbonyl (C=O) groups is 1. The molecule has 9 heteroatoms. The van der Waals surface area contributed by atoms with Crippen LogP contribution in [0.5, 0.6) is 0 Å². The normalized spacial score (nSPS) is 14.5. The lowest BCUT2D eigenvalue weighted by molar-refractivity contribution is 0.134. The summed E-state index contributed by atoms with van der Waals surface area (Å²) in [6.07, 6.45) is 3.73. The van der Waals surface area contributed by atoms with Gasteiger partial charge in [-0.3, -0.25) is 4.98 Å². The molecule has 1 amide bonds. The summed E-state index contributed by atoms with van der Waals surface area (Å²) in [6.45, 7) is 2.78. The number of hydrogen-bond acceptors (Lipinski definition) is 8. The number of anilines is 1. The molecule has 0 aliphatic carbocycles. The van der Waals surface area contributed by atoms with Gasteiger partial charge in [-0.05, 0) is 31.2 Å². The molecular weight excluding hydrogens is 400 g/mol. The summed E-state index contributed by atoms with van der Waals surface area (Å²) in [4.78, 5) is 28.8. The quantitative estimate of drug-likeness (QED) is 0.597. The van der Waals surface area contributed by atoms with Crippen molar-refractivity contribution in [3.05, 3.63) is 48.0 Å². The van der Waals surface area contributed by atoms with E-state index in [-0.39, 0.29) is 0 Å². The van der Waals surface area contributed by atoms with Gasteiger partial charge in [0.2, 0.25) is 0 Å². The van der Waals surface area contributed by atoms with Crippen LogP contribution in [0.1, 0.15) is 17.8 Å². The van der Waals surface area contributed by atoms with Crippen LogP contribution in [-0.4, -0.2) is 59.5 Å². The van der Waals surface area contributed by atoms with E-state index in [2.05, 4.69) is 15.0 Å². The predicted octanol–water partition coefficient (Wildman–Crippen LogP) is 3.82. The first-order chi connectivity index (χ1) is 14.5. The van der Waals surface area contributed by atoms with Crippen molar-refractivity contribution in [2.75, 3.05) is 32.6 Å². The van der Waals surface area contributed by atoms with Crippen LogP contribution in [-0.2, 0) is 4.74 Å². The Hall–Kier alpha value is -3.33. The largest absolute Gasteiger partial charge is 0.451 e. The van der Waals surface area contributed by atoms with Crippen LogP contribution >= 0.6 is 11.3 Å². The van der Waals surface area contributed by atoms with E-state index in [0.29, 0.717) is 6.42 Å². The first-order valence-corrected chi connectivity index (χ1v) is 10.3. The SMILES string of the molecule is COC(=O)N(C)/N=C1\CCN(C)c2ccc(-c3sc(-c4cccnc4)nc3C)nc21. The van der Waals surface area contributed by atoms with Gasteiger partial charge in [0.05, 0.1) is 34.8 Å². The average molecular weight is 423 g/mol. The van der Waals surface area contributed by atoms with Gasteiger partial charge in [-0.2, -0.15) is 5.10 Å². The van der Waals surface area contributed by atoms with E-state index < -0.39 is 6.09 Å². The number of fused-ring (bicyclic) bond motifs is 1. The number of aryl methyl sites for hydroxylation is 1. The summed E-state index contributed by atoms with van der Waals surface area (Å²) in [7, 11) is 4.94. The van der Waals surface area contributed by atoms with Crippen LogP contribution in [0.3, 0.4) is 0 Å². The Balaban J connectivity index is 1.76. The van der Waals surface area contributed by atoms with E-state index in [1.165, 1.54) is 12.1 Å². The van der Waals surface area contributed by atoms with Crippen LogP contribution in [0.2, 0.25) is 0 Å². The molecular formula is C21H22N6O2S. The lowest BCUT2D eigenvalue weighted by atomic mass is 10.0. The van der Waals surface area contributed by atoms with Crippen LogP contribution in [0.15, 0.2) is 41.8 Å². The number of amides is 1. The maximum atomic E-state index is 11.8. The predicted molar refractivity (Wildman–Crippen MR) is 118 cm³/mol. The lowest BCUT2D eigenvalue weighted by Crippen LogP contribution is -2.32. The highest BCUT2D eigenvalue weighted by atomic mass is 32.1. The molecule has 3 aromatic rings. The average Bonchev–Trinajstić information content (AvgIpc) is 3.17. The minimum Gasteiger partial charge on any atom is -0.451 e. The minimum atomic E-state index is -0.515. The third kappa shape index (κ3) is 3.76. The van der Waals surface area contributed by atoms with Crippen LogP contribution in [0.4, 0.5) is 10.5 Å². The summed E-state index contributed by atoms with van der Waals surface area (Å²) in [5, 5.41) is 6.57. The Morgan fingerprint density at radius 2 is 2.13 bits per heavy atom.